The summed E-state index contributed by atoms with van der Waals surface area (Å²) in [7, 11) is -4.75. The van der Waals surface area contributed by atoms with Crippen LogP contribution in [0.3, 0.4) is 0 Å². The van der Waals surface area contributed by atoms with Crippen LogP contribution in [-0.2, 0) is 14.8 Å². The van der Waals surface area contributed by atoms with Crippen LogP contribution in [0.1, 0.15) is 20.3 Å². The minimum atomic E-state index is -4.75. The zero-order valence-electron chi connectivity index (χ0n) is 11.3. The van der Waals surface area contributed by atoms with Crippen molar-refractivity contribution in [2.45, 2.75) is 31.2 Å². The molecular weight excluding hydrogens is 311 g/mol. The van der Waals surface area contributed by atoms with Crippen molar-refractivity contribution in [3.63, 3.8) is 0 Å². The minimum absolute atomic E-state index is 0.228. The number of benzene rings is 1. The van der Waals surface area contributed by atoms with Crippen molar-refractivity contribution in [3.8, 4) is 0 Å². The highest BCUT2D eigenvalue weighted by Crippen LogP contribution is 2.25. The van der Waals surface area contributed by atoms with Crippen LogP contribution in [0.25, 0.3) is 0 Å². The van der Waals surface area contributed by atoms with Gasteiger partial charge >= 0.3 is 5.97 Å². The van der Waals surface area contributed by atoms with E-state index in [2.05, 4.69) is 0 Å². The average molecular weight is 325 g/mol. The van der Waals surface area contributed by atoms with Crippen molar-refractivity contribution in [2.24, 2.45) is 0 Å². The molecule has 118 valence electrons. The molecule has 0 saturated carbocycles. The number of carboxylic acid groups (broad SMARTS) is 1. The molecule has 5 nitrogen and oxygen atoms in total. The van der Waals surface area contributed by atoms with Gasteiger partial charge in [-0.2, -0.15) is 4.31 Å². The topological polar surface area (TPSA) is 74.7 Å². The van der Waals surface area contributed by atoms with E-state index in [-0.39, 0.29) is 18.6 Å². The summed E-state index contributed by atoms with van der Waals surface area (Å²) in [6.07, 6.45) is 0.233. The van der Waals surface area contributed by atoms with Crippen molar-refractivity contribution >= 4 is 16.0 Å². The lowest BCUT2D eigenvalue weighted by atomic mass is 10.2. The average Bonchev–Trinajstić information content (AvgIpc) is 2.32. The molecule has 0 radical (unpaired) electrons. The Labute approximate surface area is 120 Å². The Morgan fingerprint density at radius 2 is 1.76 bits per heavy atom. The molecule has 0 heterocycles. The predicted molar refractivity (Wildman–Crippen MR) is 67.6 cm³/mol. The molecular formula is C12H14F3NO4S. The van der Waals surface area contributed by atoms with Crippen LogP contribution in [0.5, 0.6) is 0 Å². The summed E-state index contributed by atoms with van der Waals surface area (Å²) in [4.78, 5) is 9.42. The molecule has 9 heteroatoms. The van der Waals surface area contributed by atoms with Gasteiger partial charge in [-0.05, 0) is 13.3 Å². The van der Waals surface area contributed by atoms with E-state index in [9.17, 15) is 26.4 Å². The summed E-state index contributed by atoms with van der Waals surface area (Å²) in [5.41, 5.74) is 0. The summed E-state index contributed by atoms with van der Waals surface area (Å²) < 4.78 is 65.2. The fraction of sp³-hybridized carbons (Fsp3) is 0.417. The van der Waals surface area contributed by atoms with Crippen LogP contribution in [-0.4, -0.2) is 36.4 Å². The molecule has 0 saturated heterocycles. The Morgan fingerprint density at radius 1 is 1.29 bits per heavy atom. The van der Waals surface area contributed by atoms with Crippen molar-refractivity contribution < 1.29 is 31.5 Å². The molecule has 0 aliphatic rings. The second kappa shape index (κ2) is 6.44. The van der Waals surface area contributed by atoms with E-state index >= 15 is 0 Å². The van der Waals surface area contributed by atoms with Gasteiger partial charge in [-0.15, -0.1) is 0 Å². The number of hydrogen-bond acceptors (Lipinski definition) is 3. The number of hydrogen-bond donors (Lipinski definition) is 1. The maximum absolute atomic E-state index is 13.6. The van der Waals surface area contributed by atoms with E-state index in [0.29, 0.717) is 4.31 Å². The van der Waals surface area contributed by atoms with Gasteiger partial charge in [-0.1, -0.05) is 6.92 Å². The van der Waals surface area contributed by atoms with Gasteiger partial charge in [0.15, 0.2) is 4.90 Å². The fourth-order valence-corrected chi connectivity index (χ4v) is 3.46. The Morgan fingerprint density at radius 3 is 2.14 bits per heavy atom. The fourth-order valence-electron chi connectivity index (χ4n) is 1.71. The van der Waals surface area contributed by atoms with E-state index in [0.717, 1.165) is 0 Å². The molecule has 0 aromatic heterocycles. The SMILES string of the molecule is CCC(C)N(CC(=O)O)S(=O)(=O)c1c(F)cc(F)cc1F. The molecule has 0 aliphatic carbocycles. The summed E-state index contributed by atoms with van der Waals surface area (Å²) in [6, 6.07) is -0.341. The van der Waals surface area contributed by atoms with Crippen molar-refractivity contribution in [2.75, 3.05) is 6.54 Å². The summed E-state index contributed by atoms with van der Waals surface area (Å²) in [5.74, 6) is -5.95. The van der Waals surface area contributed by atoms with Crippen molar-refractivity contribution in [3.05, 3.63) is 29.6 Å². The molecule has 1 aromatic rings. The Kier molecular flexibility index (Phi) is 5.35. The summed E-state index contributed by atoms with van der Waals surface area (Å²) in [6.45, 7) is 2.04. The van der Waals surface area contributed by atoms with Crippen LogP contribution >= 0.6 is 0 Å². The highest BCUT2D eigenvalue weighted by molar-refractivity contribution is 7.89. The van der Waals surface area contributed by atoms with Gasteiger partial charge in [-0.3, -0.25) is 4.79 Å². The highest BCUT2D eigenvalue weighted by Gasteiger charge is 2.35. The van der Waals surface area contributed by atoms with Gasteiger partial charge in [0.05, 0.1) is 0 Å². The van der Waals surface area contributed by atoms with E-state index in [4.69, 9.17) is 5.11 Å². The number of carbonyl (C=O) groups is 1. The quantitative estimate of drug-likeness (QED) is 0.868. The van der Waals surface area contributed by atoms with Crippen LogP contribution in [0, 0.1) is 17.5 Å². The van der Waals surface area contributed by atoms with E-state index in [1.807, 2.05) is 0 Å². The van der Waals surface area contributed by atoms with Crippen LogP contribution in [0.15, 0.2) is 17.0 Å². The lowest BCUT2D eigenvalue weighted by Crippen LogP contribution is -2.42. The van der Waals surface area contributed by atoms with Crippen LogP contribution in [0.4, 0.5) is 13.2 Å². The largest absolute Gasteiger partial charge is 0.480 e. The molecule has 1 rings (SSSR count). The molecule has 1 atom stereocenters. The number of sulfonamides is 1. The Bertz CT molecular complexity index is 625. The number of nitrogens with zero attached hydrogens (tertiary/aromatic N) is 1. The highest BCUT2D eigenvalue weighted by atomic mass is 32.2. The summed E-state index contributed by atoms with van der Waals surface area (Å²) in [5, 5.41) is 8.77. The molecule has 0 bridgehead atoms. The first-order valence-corrected chi connectivity index (χ1v) is 7.43. The lowest BCUT2D eigenvalue weighted by molar-refractivity contribution is -0.137. The first-order valence-electron chi connectivity index (χ1n) is 5.99. The minimum Gasteiger partial charge on any atom is -0.480 e. The normalized spacial score (nSPS) is 13.4. The van der Waals surface area contributed by atoms with Crippen molar-refractivity contribution in [1.29, 1.82) is 0 Å². The number of aliphatic carboxylic acids is 1. The van der Waals surface area contributed by atoms with Gasteiger partial charge < -0.3 is 5.11 Å². The molecule has 0 fully saturated rings. The number of rotatable bonds is 6. The molecule has 0 aliphatic heterocycles. The lowest BCUT2D eigenvalue weighted by Gasteiger charge is -2.26. The van der Waals surface area contributed by atoms with E-state index in [1.54, 1.807) is 6.92 Å². The number of carboxylic acids is 1. The predicted octanol–water partition coefficient (Wildman–Crippen LogP) is 1.98. The smallest absolute Gasteiger partial charge is 0.318 e. The molecule has 21 heavy (non-hydrogen) atoms. The number of halogens is 3. The maximum atomic E-state index is 13.6. The third-order valence-electron chi connectivity index (χ3n) is 2.90. The zero-order chi connectivity index (χ0) is 16.4. The van der Waals surface area contributed by atoms with Crippen LogP contribution < -0.4 is 0 Å². The third kappa shape index (κ3) is 3.73. The van der Waals surface area contributed by atoms with Gasteiger partial charge in [-0.25, -0.2) is 21.6 Å². The van der Waals surface area contributed by atoms with Gasteiger partial charge in [0.2, 0.25) is 10.0 Å². The van der Waals surface area contributed by atoms with E-state index < -0.39 is 50.9 Å². The molecule has 1 aromatic carbocycles. The third-order valence-corrected chi connectivity index (χ3v) is 4.92. The maximum Gasteiger partial charge on any atom is 0.318 e. The monoisotopic (exact) mass is 325 g/mol. The van der Waals surface area contributed by atoms with Gasteiger partial charge in [0.25, 0.3) is 0 Å². The standard InChI is InChI=1S/C12H14F3NO4S/c1-3-7(2)16(6-11(17)18)21(19,20)12-9(14)4-8(13)5-10(12)15/h4-5,7H,3,6H2,1-2H3,(H,17,18). The first-order chi connectivity index (χ1) is 9.61. The molecule has 0 amide bonds. The van der Waals surface area contributed by atoms with Gasteiger partial charge in [0.1, 0.15) is 24.0 Å². The van der Waals surface area contributed by atoms with Crippen molar-refractivity contribution in [1.82, 2.24) is 4.31 Å². The van der Waals surface area contributed by atoms with Gasteiger partial charge in [0, 0.05) is 18.2 Å². The first kappa shape index (κ1) is 17.4. The Hall–Kier alpha value is -1.61. The summed E-state index contributed by atoms with van der Waals surface area (Å²) >= 11 is 0. The second-order valence-corrected chi connectivity index (χ2v) is 6.23. The van der Waals surface area contributed by atoms with Crippen LogP contribution in [0.2, 0.25) is 0 Å². The second-order valence-electron chi connectivity index (χ2n) is 4.40. The molecule has 0 spiro atoms. The van der Waals surface area contributed by atoms with E-state index in [1.165, 1.54) is 6.92 Å². The Balaban J connectivity index is 3.46. The molecule has 1 N–H and O–H groups in total. The molecule has 1 unspecified atom stereocenters. The zero-order valence-corrected chi connectivity index (χ0v) is 12.1.